The van der Waals surface area contributed by atoms with Gasteiger partial charge in [-0.1, -0.05) is 49.4 Å². The number of halogens is 2. The lowest BCUT2D eigenvalue weighted by atomic mass is 10.0. The smallest absolute Gasteiger partial charge is 0.299 e. The molecule has 2 aliphatic carbocycles. The Morgan fingerprint density at radius 3 is 2.37 bits per heavy atom. The number of hydrogen-bond acceptors (Lipinski definition) is 5. The number of ether oxygens (including phenoxy) is 1. The van der Waals surface area contributed by atoms with Gasteiger partial charge in [0, 0.05) is 23.1 Å². The largest absolute Gasteiger partial charge is 0.468 e. The molecule has 0 bridgehead atoms. The Bertz CT molecular complexity index is 1110. The summed E-state index contributed by atoms with van der Waals surface area (Å²) in [5.41, 5.74) is 5.21. The molecule has 0 radical (unpaired) electrons. The molecule has 0 spiro atoms. The number of carbonyl (C=O) groups is 3. The number of fused-ring (bicyclic) bond motifs is 4. The van der Waals surface area contributed by atoms with Gasteiger partial charge in [0.15, 0.2) is 0 Å². The van der Waals surface area contributed by atoms with E-state index in [1.54, 1.807) is 42.2 Å². The van der Waals surface area contributed by atoms with Crippen molar-refractivity contribution in [2.75, 3.05) is 6.61 Å². The van der Waals surface area contributed by atoms with E-state index in [2.05, 4.69) is 10.5 Å². The van der Waals surface area contributed by atoms with Crippen molar-refractivity contribution in [3.63, 3.8) is 0 Å². The number of primary amides is 1. The molecule has 2 aromatic carbocycles. The fraction of sp³-hybridized carbons (Fsp3) is 0.423. The van der Waals surface area contributed by atoms with Crippen LogP contribution in [0.25, 0.3) is 11.1 Å². The molecule has 1 heterocycles. The zero-order valence-corrected chi connectivity index (χ0v) is 19.9. The molecule has 1 aliphatic heterocycles. The van der Waals surface area contributed by atoms with Crippen LogP contribution < -0.4 is 5.73 Å². The van der Waals surface area contributed by atoms with Gasteiger partial charge in [0.05, 0.1) is 24.7 Å². The van der Waals surface area contributed by atoms with Crippen molar-refractivity contribution in [3.8, 4) is 11.1 Å². The minimum absolute atomic E-state index is 0.000343. The first kappa shape index (κ1) is 26.3. The summed E-state index contributed by atoms with van der Waals surface area (Å²) in [7, 11) is 0. The first-order valence-electron chi connectivity index (χ1n) is 11.4. The highest BCUT2D eigenvalue weighted by Crippen LogP contribution is 2.57. The molecule has 2 amide bonds. The topological polar surface area (TPSA) is 110 Å². The first-order valence-corrected chi connectivity index (χ1v) is 11.4. The molecule has 3 N–H and O–H groups in total. The lowest BCUT2D eigenvalue weighted by Gasteiger charge is -2.25. The number of aliphatic hydroxyl groups is 1. The third kappa shape index (κ3) is 4.65. The molecule has 4 atom stereocenters. The normalized spacial score (nSPS) is 26.0. The second-order valence-electron chi connectivity index (χ2n) is 8.94. The van der Waals surface area contributed by atoms with E-state index in [1.807, 2.05) is 13.8 Å². The van der Waals surface area contributed by atoms with Crippen LogP contribution in [-0.2, 0) is 31.5 Å². The van der Waals surface area contributed by atoms with Crippen LogP contribution in [0.3, 0.4) is 0 Å². The predicted molar refractivity (Wildman–Crippen MR) is 125 cm³/mol. The molecular weight excluding hydrogens is 458 g/mol. The average molecular weight is 489 g/mol. The lowest BCUT2D eigenvalue weighted by Crippen LogP contribution is -2.38. The van der Waals surface area contributed by atoms with Crippen LogP contribution >= 0.6 is 0 Å². The Morgan fingerprint density at radius 1 is 1.17 bits per heavy atom. The van der Waals surface area contributed by atoms with Gasteiger partial charge in [-0.2, -0.15) is 8.78 Å². The number of amides is 2. The van der Waals surface area contributed by atoms with E-state index in [0.717, 1.165) is 5.56 Å². The second-order valence-corrected chi connectivity index (χ2v) is 8.94. The summed E-state index contributed by atoms with van der Waals surface area (Å²) < 4.78 is 33.5. The lowest BCUT2D eigenvalue weighted by molar-refractivity contribution is -0.132. The Morgan fingerprint density at radius 2 is 1.80 bits per heavy atom. The first-order chi connectivity index (χ1) is 16.6. The van der Waals surface area contributed by atoms with Gasteiger partial charge in [0.2, 0.25) is 12.3 Å². The van der Waals surface area contributed by atoms with Crippen LogP contribution in [0.1, 0.15) is 43.9 Å². The number of likely N-dealkylation sites (tertiary alicyclic amines) is 1. The van der Waals surface area contributed by atoms with Crippen LogP contribution in [0.15, 0.2) is 42.5 Å². The number of hydrogen-bond donors (Lipinski definition) is 2. The predicted octanol–water partition coefficient (Wildman–Crippen LogP) is 3.00. The maximum absolute atomic E-state index is 14.7. The van der Waals surface area contributed by atoms with Gasteiger partial charge in [0.1, 0.15) is 0 Å². The van der Waals surface area contributed by atoms with Gasteiger partial charge in [-0.25, -0.2) is 0 Å². The summed E-state index contributed by atoms with van der Waals surface area (Å²) in [5, 5.41) is 10.5. The van der Waals surface area contributed by atoms with Gasteiger partial charge < -0.3 is 20.5 Å². The molecule has 0 aromatic heterocycles. The number of benzene rings is 2. The van der Waals surface area contributed by atoms with Crippen LogP contribution in [0.4, 0.5) is 8.78 Å². The zero-order chi connectivity index (χ0) is 26.0. The minimum atomic E-state index is -3.00. The Balaban J connectivity index is 0.000000377. The molecular formula is C26H30F2N2O5. The zero-order valence-electron chi connectivity index (χ0n) is 19.9. The summed E-state index contributed by atoms with van der Waals surface area (Å²) in [4.78, 5) is 32.4. The van der Waals surface area contributed by atoms with Crippen LogP contribution in [-0.4, -0.2) is 53.1 Å². The molecule has 7 nitrogen and oxygen atoms in total. The molecule has 3 unspecified atom stereocenters. The second kappa shape index (κ2) is 10.1. The average Bonchev–Trinajstić information content (AvgIpc) is 3.09. The maximum atomic E-state index is 14.7. The third-order valence-electron chi connectivity index (χ3n) is 6.92. The minimum Gasteiger partial charge on any atom is -0.468 e. The molecule has 2 fully saturated rings. The summed E-state index contributed by atoms with van der Waals surface area (Å²) in [6, 6.07) is 11.2. The highest BCUT2D eigenvalue weighted by Gasteiger charge is 2.70. The van der Waals surface area contributed by atoms with Crippen LogP contribution in [0, 0.1) is 5.92 Å². The van der Waals surface area contributed by atoms with Crippen LogP contribution in [0.5, 0.6) is 0 Å². The Labute approximate surface area is 202 Å². The molecule has 188 valence electrons. The fourth-order valence-corrected chi connectivity index (χ4v) is 5.29. The van der Waals surface area contributed by atoms with Gasteiger partial charge >= 0.3 is 0 Å². The summed E-state index contributed by atoms with van der Waals surface area (Å²) in [6.07, 6.45) is 1.01. The van der Waals surface area contributed by atoms with E-state index in [4.69, 9.17) is 4.79 Å². The molecule has 1 saturated carbocycles. The number of piperidine rings is 1. The molecule has 2 aromatic rings. The van der Waals surface area contributed by atoms with E-state index in [0.29, 0.717) is 30.6 Å². The van der Waals surface area contributed by atoms with E-state index < -0.39 is 11.5 Å². The molecule has 5 rings (SSSR count). The van der Waals surface area contributed by atoms with Gasteiger partial charge in [0.25, 0.3) is 12.4 Å². The van der Waals surface area contributed by atoms with Crippen molar-refractivity contribution >= 4 is 18.8 Å². The number of rotatable bonds is 4. The van der Waals surface area contributed by atoms with Crippen molar-refractivity contribution in [3.05, 3.63) is 59.2 Å². The van der Waals surface area contributed by atoms with E-state index in [-0.39, 0.29) is 47.9 Å². The maximum Gasteiger partial charge on any atom is 0.299 e. The molecule has 1 saturated heterocycles. The van der Waals surface area contributed by atoms with E-state index in [1.165, 1.54) is 12.1 Å². The quantitative estimate of drug-likeness (QED) is 0.643. The van der Waals surface area contributed by atoms with Gasteiger partial charge in [-0.3, -0.25) is 14.4 Å². The van der Waals surface area contributed by atoms with Crippen LogP contribution in [0.2, 0.25) is 0 Å². The molecule has 35 heavy (non-hydrogen) atoms. The highest BCUT2D eigenvalue weighted by molar-refractivity contribution is 5.84. The fourth-order valence-electron chi connectivity index (χ4n) is 5.29. The van der Waals surface area contributed by atoms with Gasteiger partial charge in [-0.15, -0.1) is 0 Å². The van der Waals surface area contributed by atoms with Crippen molar-refractivity contribution in [1.82, 2.24) is 4.90 Å². The number of carbonyl (C=O) groups excluding carboxylic acids is 3. The SMILES string of the molecule is CC1C[C@]2(O)C(C)C2N1C(=O)Cc1ccc2c(c1)-c1ccccc1C2(F)F.CCOC=O.NC=O. The summed E-state index contributed by atoms with van der Waals surface area (Å²) >= 11 is 0. The number of alkyl halides is 2. The monoisotopic (exact) mass is 488 g/mol. The summed E-state index contributed by atoms with van der Waals surface area (Å²) in [6.45, 7) is 6.58. The standard InChI is InChI=1S/C22H21F2NO2.C3H6O2.CH3NO/c1-12-11-21(27)13(2)20(21)25(12)19(26)10-14-7-8-18-16(9-14)15-5-3-4-6-17(15)22(18,23)24;1-2-5-3-4;2-1-3/h3-9,12-13,20,27H,10-11H2,1-2H3;3H,2H2,1H3;1H,(H2,2,3)/t12?,13?,20?,21-;;/m0../s1. The van der Waals surface area contributed by atoms with E-state index >= 15 is 0 Å². The highest BCUT2D eigenvalue weighted by atomic mass is 19.3. The summed E-state index contributed by atoms with van der Waals surface area (Å²) in [5.74, 6) is -2.95. The van der Waals surface area contributed by atoms with E-state index in [9.17, 15) is 23.5 Å². The van der Waals surface area contributed by atoms with Crippen molar-refractivity contribution in [2.24, 2.45) is 11.7 Å². The van der Waals surface area contributed by atoms with Crippen molar-refractivity contribution in [2.45, 2.75) is 57.2 Å². The Kier molecular flexibility index (Phi) is 7.59. The molecule has 9 heteroatoms. The van der Waals surface area contributed by atoms with Crippen molar-refractivity contribution < 1.29 is 33.0 Å². The Hall–Kier alpha value is -3.33. The van der Waals surface area contributed by atoms with Gasteiger partial charge in [-0.05, 0) is 37.0 Å². The third-order valence-corrected chi connectivity index (χ3v) is 6.92. The number of nitrogens with two attached hydrogens (primary N) is 1. The molecule has 3 aliphatic rings. The van der Waals surface area contributed by atoms with Crippen molar-refractivity contribution in [1.29, 1.82) is 0 Å². The number of nitrogens with zero attached hydrogens (tertiary/aromatic N) is 1.